The van der Waals surface area contributed by atoms with Gasteiger partial charge in [-0.2, -0.15) is 0 Å². The summed E-state index contributed by atoms with van der Waals surface area (Å²) < 4.78 is 0. The van der Waals surface area contributed by atoms with Crippen molar-refractivity contribution >= 4 is 11.8 Å². The van der Waals surface area contributed by atoms with E-state index in [-0.39, 0.29) is 45.4 Å². The third-order valence-corrected chi connectivity index (χ3v) is 13.4. The number of Topliss-reactive ketones (excluding diaryl/α,β-unsaturated/α-hetero) is 1. The van der Waals surface area contributed by atoms with Crippen LogP contribution in [0.25, 0.3) is 0 Å². The molecule has 5 fully saturated rings. The van der Waals surface area contributed by atoms with Crippen LogP contribution < -0.4 is 0 Å². The molecule has 4 heteroatoms. The molecule has 0 radical (unpaired) electrons. The monoisotopic (exact) mass is 458 g/mol. The lowest BCUT2D eigenvalue weighted by atomic mass is 9.32. The Kier molecular flexibility index (Phi) is 5.11. The lowest BCUT2D eigenvalue weighted by molar-refractivity contribution is -0.248. The standard InChI is InChI=1S/C29H46O4/c1-17(30)18-9-14-29(24(32)33)16-15-27(5)19(23(18)29)7-8-21-26(4)12-11-22(31)25(2,3)20(26)10-13-28(21,27)6/h18-23,31H,7-16H2,1-6H3,(H,32,33)/t18-,19+,20-,21+,22-,23-,26-,27+,28+,29-/m0/s1. The van der Waals surface area contributed by atoms with E-state index in [2.05, 4.69) is 34.6 Å². The van der Waals surface area contributed by atoms with Crippen LogP contribution in [0, 0.1) is 56.7 Å². The number of aliphatic hydroxyl groups is 1. The molecule has 5 saturated carbocycles. The Balaban J connectivity index is 1.57. The van der Waals surface area contributed by atoms with Crippen LogP contribution in [0.4, 0.5) is 0 Å². The van der Waals surface area contributed by atoms with Crippen LogP contribution in [-0.4, -0.2) is 28.1 Å². The van der Waals surface area contributed by atoms with E-state index in [9.17, 15) is 19.8 Å². The molecule has 0 amide bonds. The Hall–Kier alpha value is -0.900. The second-order valence-electron chi connectivity index (χ2n) is 14.3. The summed E-state index contributed by atoms with van der Waals surface area (Å²) >= 11 is 0. The first-order valence-electron chi connectivity index (χ1n) is 13.7. The van der Waals surface area contributed by atoms with Crippen molar-refractivity contribution in [3.05, 3.63) is 0 Å². The van der Waals surface area contributed by atoms with Gasteiger partial charge in [0.1, 0.15) is 5.78 Å². The van der Waals surface area contributed by atoms with E-state index in [0.717, 1.165) is 51.4 Å². The lowest BCUT2D eigenvalue weighted by Gasteiger charge is -2.72. The topological polar surface area (TPSA) is 74.6 Å². The molecule has 0 aromatic carbocycles. The number of hydrogen-bond donors (Lipinski definition) is 2. The summed E-state index contributed by atoms with van der Waals surface area (Å²) in [5.41, 5.74) is -0.287. The smallest absolute Gasteiger partial charge is 0.309 e. The van der Waals surface area contributed by atoms with Gasteiger partial charge in [-0.3, -0.25) is 9.59 Å². The zero-order chi connectivity index (χ0) is 24.2. The molecule has 0 spiro atoms. The maximum atomic E-state index is 12.7. The van der Waals surface area contributed by atoms with Gasteiger partial charge >= 0.3 is 5.97 Å². The van der Waals surface area contributed by atoms with Gasteiger partial charge < -0.3 is 10.2 Å². The molecule has 5 aliphatic carbocycles. The van der Waals surface area contributed by atoms with Crippen LogP contribution in [0.5, 0.6) is 0 Å². The molecule has 0 aromatic rings. The third kappa shape index (κ3) is 2.74. The van der Waals surface area contributed by atoms with Crippen LogP contribution in [0.15, 0.2) is 0 Å². The summed E-state index contributed by atoms with van der Waals surface area (Å²) in [4.78, 5) is 25.4. The molecule has 186 valence electrons. The quantitative estimate of drug-likeness (QED) is 0.524. The largest absolute Gasteiger partial charge is 0.481 e. The van der Waals surface area contributed by atoms with Crippen molar-refractivity contribution in [3.8, 4) is 0 Å². The first-order chi connectivity index (χ1) is 15.3. The van der Waals surface area contributed by atoms with Gasteiger partial charge in [0.05, 0.1) is 11.5 Å². The number of rotatable bonds is 2. The summed E-state index contributed by atoms with van der Waals surface area (Å²) in [6.07, 6.45) is 9.44. The number of carbonyl (C=O) groups excluding carboxylic acids is 1. The third-order valence-electron chi connectivity index (χ3n) is 13.4. The Labute approximate surface area is 200 Å². The molecule has 5 rings (SSSR count). The van der Waals surface area contributed by atoms with E-state index in [1.807, 2.05) is 0 Å². The molecule has 2 N–H and O–H groups in total. The normalized spacial score (nSPS) is 55.0. The lowest BCUT2D eigenvalue weighted by Crippen LogP contribution is -2.67. The number of aliphatic hydroxyl groups excluding tert-OH is 1. The van der Waals surface area contributed by atoms with Crippen molar-refractivity contribution in [2.75, 3.05) is 0 Å². The van der Waals surface area contributed by atoms with Crippen LogP contribution >= 0.6 is 0 Å². The van der Waals surface area contributed by atoms with Gasteiger partial charge in [0.2, 0.25) is 0 Å². The minimum atomic E-state index is -0.693. The molecular weight excluding hydrogens is 412 g/mol. The van der Waals surface area contributed by atoms with E-state index < -0.39 is 11.4 Å². The number of aliphatic carboxylic acids is 1. The van der Waals surface area contributed by atoms with E-state index in [4.69, 9.17) is 0 Å². The van der Waals surface area contributed by atoms with Crippen molar-refractivity contribution in [1.82, 2.24) is 0 Å². The number of carbonyl (C=O) groups is 2. The fourth-order valence-electron chi connectivity index (χ4n) is 11.4. The Morgan fingerprint density at radius 3 is 2.09 bits per heavy atom. The van der Waals surface area contributed by atoms with Crippen molar-refractivity contribution in [2.24, 2.45) is 56.7 Å². The first-order valence-corrected chi connectivity index (χ1v) is 13.7. The van der Waals surface area contributed by atoms with Crippen molar-refractivity contribution < 1.29 is 19.8 Å². The molecule has 0 unspecified atom stereocenters. The van der Waals surface area contributed by atoms with E-state index in [0.29, 0.717) is 24.2 Å². The van der Waals surface area contributed by atoms with Crippen LogP contribution in [0.3, 0.4) is 0 Å². The molecule has 0 aromatic heterocycles. The highest BCUT2D eigenvalue weighted by Crippen LogP contribution is 2.77. The van der Waals surface area contributed by atoms with E-state index in [1.54, 1.807) is 6.92 Å². The van der Waals surface area contributed by atoms with Crippen molar-refractivity contribution in [2.45, 2.75) is 112 Å². The zero-order valence-corrected chi connectivity index (χ0v) is 21.7. The Morgan fingerprint density at radius 2 is 1.45 bits per heavy atom. The number of ketones is 1. The number of hydrogen-bond acceptors (Lipinski definition) is 3. The average molecular weight is 459 g/mol. The molecule has 0 aliphatic heterocycles. The highest BCUT2D eigenvalue weighted by Gasteiger charge is 2.72. The minimum Gasteiger partial charge on any atom is -0.481 e. The second-order valence-corrected chi connectivity index (χ2v) is 14.3. The van der Waals surface area contributed by atoms with Gasteiger partial charge in [-0.1, -0.05) is 34.6 Å². The van der Waals surface area contributed by atoms with Crippen LogP contribution in [0.2, 0.25) is 0 Å². The fourth-order valence-corrected chi connectivity index (χ4v) is 11.4. The molecule has 33 heavy (non-hydrogen) atoms. The van der Waals surface area contributed by atoms with E-state index >= 15 is 0 Å². The average Bonchev–Trinajstić information content (AvgIpc) is 3.13. The predicted octanol–water partition coefficient (Wildman–Crippen LogP) is 6.10. The second kappa shape index (κ2) is 7.08. The summed E-state index contributed by atoms with van der Waals surface area (Å²) in [6.45, 7) is 13.8. The first kappa shape index (κ1) is 23.8. The maximum Gasteiger partial charge on any atom is 0.309 e. The number of fused-ring (bicyclic) bond motifs is 7. The summed E-state index contributed by atoms with van der Waals surface area (Å²) in [7, 11) is 0. The Morgan fingerprint density at radius 1 is 0.758 bits per heavy atom. The number of carboxylic acid groups (broad SMARTS) is 1. The zero-order valence-electron chi connectivity index (χ0n) is 21.7. The highest BCUT2D eigenvalue weighted by molar-refractivity contribution is 5.83. The predicted molar refractivity (Wildman–Crippen MR) is 128 cm³/mol. The van der Waals surface area contributed by atoms with Crippen molar-refractivity contribution in [1.29, 1.82) is 0 Å². The van der Waals surface area contributed by atoms with Gasteiger partial charge in [-0.25, -0.2) is 0 Å². The molecule has 5 aliphatic rings. The molecule has 10 atom stereocenters. The summed E-state index contributed by atoms with van der Waals surface area (Å²) in [6, 6.07) is 0. The maximum absolute atomic E-state index is 12.7. The summed E-state index contributed by atoms with van der Waals surface area (Å²) in [5.74, 6) is 0.932. The SMILES string of the molecule is CC(=O)[C@@H]1CC[C@]2(C(=O)O)CC[C@]3(C)[C@H](CC[C@@H]4[C@@]5(C)CC[C@H](O)C(C)(C)[C@@H]5CC[C@]43C)[C@H]12. The van der Waals surface area contributed by atoms with Gasteiger partial charge in [0.15, 0.2) is 0 Å². The molecular formula is C29H46O4. The fraction of sp³-hybridized carbons (Fsp3) is 0.931. The van der Waals surface area contributed by atoms with Gasteiger partial charge in [0, 0.05) is 5.92 Å². The minimum absolute atomic E-state index is 0.000765. The van der Waals surface area contributed by atoms with Crippen LogP contribution in [0.1, 0.15) is 106 Å². The summed E-state index contributed by atoms with van der Waals surface area (Å²) in [5, 5.41) is 21.3. The molecule has 4 nitrogen and oxygen atoms in total. The molecule has 0 heterocycles. The number of carboxylic acids is 1. The molecule has 0 bridgehead atoms. The Bertz CT molecular complexity index is 864. The van der Waals surface area contributed by atoms with Gasteiger partial charge in [0.25, 0.3) is 0 Å². The van der Waals surface area contributed by atoms with Crippen molar-refractivity contribution in [3.63, 3.8) is 0 Å². The molecule has 0 saturated heterocycles. The van der Waals surface area contributed by atoms with Gasteiger partial charge in [-0.05, 0) is 116 Å². The van der Waals surface area contributed by atoms with Crippen LogP contribution in [-0.2, 0) is 9.59 Å². The highest BCUT2D eigenvalue weighted by atomic mass is 16.4. The van der Waals surface area contributed by atoms with E-state index in [1.165, 1.54) is 6.42 Å². The van der Waals surface area contributed by atoms with Gasteiger partial charge in [-0.15, -0.1) is 0 Å².